The lowest BCUT2D eigenvalue weighted by Gasteiger charge is -2.13. The number of nitrogens with one attached hydrogen (secondary N) is 1. The van der Waals surface area contributed by atoms with E-state index in [4.69, 9.17) is 16.3 Å². The Morgan fingerprint density at radius 1 is 1.26 bits per heavy atom. The van der Waals surface area contributed by atoms with Crippen molar-refractivity contribution in [2.45, 2.75) is 25.0 Å². The predicted molar refractivity (Wildman–Crippen MR) is 88.8 cm³/mol. The van der Waals surface area contributed by atoms with Crippen LogP contribution in [0.15, 0.2) is 48.5 Å². The maximum Gasteiger partial charge on any atom is 0.251 e. The minimum atomic E-state index is -0.754. The number of amides is 1. The van der Waals surface area contributed by atoms with Gasteiger partial charge in [-0.25, -0.2) is 0 Å². The van der Waals surface area contributed by atoms with Crippen molar-refractivity contribution in [1.29, 1.82) is 0 Å². The summed E-state index contributed by atoms with van der Waals surface area (Å²) in [5, 5.41) is 13.7. The molecule has 5 heteroatoms. The molecule has 1 saturated carbocycles. The number of rotatable bonds is 6. The van der Waals surface area contributed by atoms with Crippen LogP contribution in [-0.2, 0) is 0 Å². The van der Waals surface area contributed by atoms with E-state index in [0.717, 1.165) is 18.4 Å². The average Bonchev–Trinajstić information content (AvgIpc) is 3.37. The summed E-state index contributed by atoms with van der Waals surface area (Å²) in [6, 6.07) is 14.3. The van der Waals surface area contributed by atoms with Crippen LogP contribution in [0.25, 0.3) is 0 Å². The van der Waals surface area contributed by atoms with Crippen LogP contribution in [0, 0.1) is 0 Å². The van der Waals surface area contributed by atoms with Gasteiger partial charge in [-0.1, -0.05) is 29.8 Å². The fraction of sp³-hybridized carbons (Fsp3) is 0.278. The highest BCUT2D eigenvalue weighted by molar-refractivity contribution is 6.30. The average molecular weight is 332 g/mol. The van der Waals surface area contributed by atoms with Gasteiger partial charge in [0.2, 0.25) is 0 Å². The number of aliphatic hydroxyl groups is 1. The number of halogens is 1. The summed E-state index contributed by atoms with van der Waals surface area (Å²) in [6.07, 6.45) is 1.35. The molecule has 3 rings (SSSR count). The molecule has 2 aromatic rings. The Morgan fingerprint density at radius 3 is 2.70 bits per heavy atom. The van der Waals surface area contributed by atoms with Crippen LogP contribution in [0.2, 0.25) is 5.02 Å². The van der Waals surface area contributed by atoms with Gasteiger partial charge in [0.15, 0.2) is 0 Å². The number of ether oxygens (including phenoxy) is 1. The molecule has 0 heterocycles. The molecule has 0 spiro atoms. The largest absolute Gasteiger partial charge is 0.491 e. The standard InChI is InChI=1S/C18H18ClNO3/c19-14-6-4-12(5-7-14)17(21)11-23-16-3-1-2-13(10-16)18(22)20-15-8-9-15/h1-7,10,15,17,21H,8-9,11H2,(H,20,22). The summed E-state index contributed by atoms with van der Waals surface area (Å²) in [7, 11) is 0. The summed E-state index contributed by atoms with van der Waals surface area (Å²) in [5.74, 6) is 0.470. The van der Waals surface area contributed by atoms with Crippen molar-refractivity contribution < 1.29 is 14.6 Å². The molecule has 0 aliphatic heterocycles. The van der Waals surface area contributed by atoms with Crippen LogP contribution in [0.3, 0.4) is 0 Å². The smallest absolute Gasteiger partial charge is 0.251 e. The molecule has 2 N–H and O–H groups in total. The lowest BCUT2D eigenvalue weighted by atomic mass is 10.1. The highest BCUT2D eigenvalue weighted by atomic mass is 35.5. The van der Waals surface area contributed by atoms with E-state index in [1.54, 1.807) is 48.5 Å². The summed E-state index contributed by atoms with van der Waals surface area (Å²) in [4.78, 5) is 12.0. The Morgan fingerprint density at radius 2 is 2.00 bits per heavy atom. The van der Waals surface area contributed by atoms with E-state index in [-0.39, 0.29) is 12.5 Å². The number of aliphatic hydroxyl groups excluding tert-OH is 1. The summed E-state index contributed by atoms with van der Waals surface area (Å²) in [5.41, 5.74) is 1.30. The van der Waals surface area contributed by atoms with Crippen LogP contribution in [-0.4, -0.2) is 23.7 Å². The van der Waals surface area contributed by atoms with Gasteiger partial charge in [-0.05, 0) is 48.7 Å². The molecule has 1 amide bonds. The molecule has 120 valence electrons. The van der Waals surface area contributed by atoms with Crippen molar-refractivity contribution in [3.63, 3.8) is 0 Å². The van der Waals surface area contributed by atoms with Gasteiger partial charge in [-0.3, -0.25) is 4.79 Å². The first kappa shape index (κ1) is 15.8. The molecular weight excluding hydrogens is 314 g/mol. The summed E-state index contributed by atoms with van der Waals surface area (Å²) < 4.78 is 5.60. The van der Waals surface area contributed by atoms with E-state index >= 15 is 0 Å². The second kappa shape index (κ2) is 7.02. The van der Waals surface area contributed by atoms with Crippen molar-refractivity contribution in [3.8, 4) is 5.75 Å². The van der Waals surface area contributed by atoms with Crippen molar-refractivity contribution >= 4 is 17.5 Å². The highest BCUT2D eigenvalue weighted by Gasteiger charge is 2.23. The molecule has 0 radical (unpaired) electrons. The highest BCUT2D eigenvalue weighted by Crippen LogP contribution is 2.21. The van der Waals surface area contributed by atoms with E-state index in [2.05, 4.69) is 5.32 Å². The molecule has 23 heavy (non-hydrogen) atoms. The van der Waals surface area contributed by atoms with Gasteiger partial charge >= 0.3 is 0 Å². The van der Waals surface area contributed by atoms with E-state index < -0.39 is 6.10 Å². The third-order valence-corrected chi connectivity index (χ3v) is 3.92. The maximum atomic E-state index is 12.0. The summed E-state index contributed by atoms with van der Waals surface area (Å²) in [6.45, 7) is 0.106. The van der Waals surface area contributed by atoms with Crippen LogP contribution >= 0.6 is 11.6 Å². The minimum Gasteiger partial charge on any atom is -0.491 e. The van der Waals surface area contributed by atoms with Crippen LogP contribution < -0.4 is 10.1 Å². The fourth-order valence-corrected chi connectivity index (χ4v) is 2.31. The van der Waals surface area contributed by atoms with Gasteiger partial charge in [0.25, 0.3) is 5.91 Å². The molecule has 0 aromatic heterocycles. The van der Waals surface area contributed by atoms with E-state index in [1.807, 2.05) is 0 Å². The molecule has 1 aliphatic carbocycles. The second-order valence-corrected chi connectivity index (χ2v) is 6.09. The maximum absolute atomic E-state index is 12.0. The molecule has 1 fully saturated rings. The molecule has 1 unspecified atom stereocenters. The zero-order valence-corrected chi connectivity index (χ0v) is 13.3. The van der Waals surface area contributed by atoms with Crippen molar-refractivity contribution in [2.75, 3.05) is 6.61 Å². The van der Waals surface area contributed by atoms with Gasteiger partial charge in [0.1, 0.15) is 18.5 Å². The number of hydrogen-bond donors (Lipinski definition) is 2. The predicted octanol–water partition coefficient (Wildman–Crippen LogP) is 3.34. The van der Waals surface area contributed by atoms with Crippen molar-refractivity contribution in [1.82, 2.24) is 5.32 Å². The monoisotopic (exact) mass is 331 g/mol. The Labute approximate surface area is 140 Å². The van der Waals surface area contributed by atoms with Crippen LogP contribution in [0.4, 0.5) is 0 Å². The lowest BCUT2D eigenvalue weighted by Crippen LogP contribution is -2.25. The molecule has 0 saturated heterocycles. The Kier molecular flexibility index (Phi) is 4.84. The lowest BCUT2D eigenvalue weighted by molar-refractivity contribution is 0.0949. The first-order valence-corrected chi connectivity index (χ1v) is 7.97. The Hall–Kier alpha value is -2.04. The van der Waals surface area contributed by atoms with Crippen LogP contribution in [0.5, 0.6) is 5.75 Å². The second-order valence-electron chi connectivity index (χ2n) is 5.65. The topological polar surface area (TPSA) is 58.6 Å². The van der Waals surface area contributed by atoms with Crippen molar-refractivity contribution in [3.05, 3.63) is 64.7 Å². The SMILES string of the molecule is O=C(NC1CC1)c1cccc(OCC(O)c2ccc(Cl)cc2)c1. The number of carbonyl (C=O) groups is 1. The quantitative estimate of drug-likeness (QED) is 0.853. The van der Waals surface area contributed by atoms with Gasteiger partial charge in [-0.15, -0.1) is 0 Å². The minimum absolute atomic E-state index is 0.0869. The Bertz CT molecular complexity index is 683. The fourth-order valence-electron chi connectivity index (χ4n) is 2.18. The Balaban J connectivity index is 1.59. The first-order chi connectivity index (χ1) is 11.1. The molecule has 2 aromatic carbocycles. The molecule has 1 atom stereocenters. The molecule has 1 aliphatic rings. The zero-order valence-electron chi connectivity index (χ0n) is 12.5. The first-order valence-electron chi connectivity index (χ1n) is 7.59. The third kappa shape index (κ3) is 4.47. The zero-order chi connectivity index (χ0) is 16.2. The van der Waals surface area contributed by atoms with Gasteiger partial charge in [0, 0.05) is 16.6 Å². The molecule has 4 nitrogen and oxygen atoms in total. The van der Waals surface area contributed by atoms with E-state index in [9.17, 15) is 9.90 Å². The number of hydrogen-bond acceptors (Lipinski definition) is 3. The number of carbonyl (C=O) groups excluding carboxylic acids is 1. The van der Waals surface area contributed by atoms with Gasteiger partial charge in [-0.2, -0.15) is 0 Å². The molecule has 0 bridgehead atoms. The van der Waals surface area contributed by atoms with Gasteiger partial charge in [0.05, 0.1) is 0 Å². The number of benzene rings is 2. The third-order valence-electron chi connectivity index (χ3n) is 3.67. The van der Waals surface area contributed by atoms with Gasteiger partial charge < -0.3 is 15.2 Å². The van der Waals surface area contributed by atoms with Crippen LogP contribution in [0.1, 0.15) is 34.9 Å². The normalized spacial score (nSPS) is 15.0. The van der Waals surface area contributed by atoms with E-state index in [1.165, 1.54) is 0 Å². The van der Waals surface area contributed by atoms with Crippen molar-refractivity contribution in [2.24, 2.45) is 0 Å². The summed E-state index contributed by atoms with van der Waals surface area (Å²) >= 11 is 5.83. The van der Waals surface area contributed by atoms with E-state index in [0.29, 0.717) is 22.4 Å². The molecular formula is C18H18ClNO3.